The smallest absolute Gasteiger partial charge is 0.150 e. The van der Waals surface area contributed by atoms with Gasteiger partial charge in [0.1, 0.15) is 0 Å². The second-order valence-corrected chi connectivity index (χ2v) is 6.95. The molecule has 0 amide bonds. The van der Waals surface area contributed by atoms with Crippen molar-refractivity contribution in [2.75, 3.05) is 6.61 Å². The predicted molar refractivity (Wildman–Crippen MR) is 81.7 cm³/mol. The maximum atomic E-state index is 9.19. The van der Waals surface area contributed by atoms with E-state index < -0.39 is 0 Å². The van der Waals surface area contributed by atoms with Crippen molar-refractivity contribution < 1.29 is 9.94 Å². The van der Waals surface area contributed by atoms with E-state index in [-0.39, 0.29) is 17.7 Å². The van der Waals surface area contributed by atoms with Crippen LogP contribution in [-0.2, 0) is 6.42 Å². The van der Waals surface area contributed by atoms with Gasteiger partial charge in [0.2, 0.25) is 0 Å². The molecule has 3 nitrogen and oxygen atoms in total. The molecule has 0 aromatic heterocycles. The lowest BCUT2D eigenvalue weighted by molar-refractivity contribution is -0.217. The summed E-state index contributed by atoms with van der Waals surface area (Å²) >= 11 is 0. The van der Waals surface area contributed by atoms with Gasteiger partial charge >= 0.3 is 0 Å². The summed E-state index contributed by atoms with van der Waals surface area (Å²) in [7, 11) is 0. The van der Waals surface area contributed by atoms with E-state index >= 15 is 0 Å². The van der Waals surface area contributed by atoms with Crippen molar-refractivity contribution in [3.05, 3.63) is 29.8 Å². The van der Waals surface area contributed by atoms with E-state index in [0.717, 1.165) is 24.2 Å². The van der Waals surface area contributed by atoms with Gasteiger partial charge in [0.05, 0.1) is 11.1 Å². The van der Waals surface area contributed by atoms with Crippen LogP contribution in [0.4, 0.5) is 0 Å². The molecule has 1 fully saturated rings. The zero-order valence-electron chi connectivity index (χ0n) is 13.1. The highest BCUT2D eigenvalue weighted by Gasteiger charge is 2.43. The van der Waals surface area contributed by atoms with E-state index in [2.05, 4.69) is 32.8 Å². The minimum absolute atomic E-state index is 0.0219. The summed E-state index contributed by atoms with van der Waals surface area (Å²) < 4.78 is 0. The van der Waals surface area contributed by atoms with Gasteiger partial charge in [0.25, 0.3) is 0 Å². The summed E-state index contributed by atoms with van der Waals surface area (Å²) in [5, 5.41) is 11.3. The highest BCUT2D eigenvalue weighted by molar-refractivity contribution is 5.33. The molecule has 0 saturated carbocycles. The van der Waals surface area contributed by atoms with Crippen LogP contribution >= 0.6 is 0 Å². The normalized spacial score (nSPS) is 21.6. The summed E-state index contributed by atoms with van der Waals surface area (Å²) in [5.41, 5.74) is 1.11. The fourth-order valence-corrected chi connectivity index (χ4v) is 3.24. The number of hydrogen-bond acceptors (Lipinski definition) is 3. The average molecular weight is 277 g/mol. The zero-order chi connectivity index (χ0) is 14.8. The van der Waals surface area contributed by atoms with Crippen LogP contribution in [0.1, 0.15) is 52.5 Å². The van der Waals surface area contributed by atoms with Crippen LogP contribution in [0.25, 0.3) is 0 Å². The molecule has 0 radical (unpaired) electrons. The Balaban J connectivity index is 2.27. The lowest BCUT2D eigenvalue weighted by Crippen LogP contribution is -2.60. The van der Waals surface area contributed by atoms with E-state index in [0.29, 0.717) is 6.42 Å². The topological polar surface area (TPSA) is 32.7 Å². The number of benzene rings is 1. The van der Waals surface area contributed by atoms with Gasteiger partial charge in [0, 0.05) is 6.61 Å². The molecule has 112 valence electrons. The number of aliphatic hydroxyl groups is 1. The second-order valence-electron chi connectivity index (χ2n) is 6.95. The van der Waals surface area contributed by atoms with Crippen molar-refractivity contribution in [3.8, 4) is 5.75 Å². The highest BCUT2D eigenvalue weighted by Crippen LogP contribution is 2.39. The Morgan fingerprint density at radius 1 is 1.10 bits per heavy atom. The van der Waals surface area contributed by atoms with Crippen LogP contribution in [0.2, 0.25) is 0 Å². The standard InChI is InChI=1S/C17H27NO2/c1-16(2)11-7-12-17(3,4)18(16)20-15-9-6-5-8-14(15)10-13-19/h5-6,8-9,19H,7,10-13H2,1-4H3. The molecule has 0 atom stereocenters. The van der Waals surface area contributed by atoms with Crippen molar-refractivity contribution >= 4 is 0 Å². The minimum Gasteiger partial charge on any atom is -0.405 e. The number of nitrogens with zero attached hydrogens (tertiary/aromatic N) is 1. The second kappa shape index (κ2) is 5.74. The average Bonchev–Trinajstić information content (AvgIpc) is 2.35. The lowest BCUT2D eigenvalue weighted by Gasteiger charge is -2.51. The van der Waals surface area contributed by atoms with Crippen molar-refractivity contribution in [1.29, 1.82) is 0 Å². The molecule has 1 aliphatic rings. The molecule has 3 heteroatoms. The summed E-state index contributed by atoms with van der Waals surface area (Å²) in [6, 6.07) is 7.99. The molecular weight excluding hydrogens is 250 g/mol. The van der Waals surface area contributed by atoms with Crippen LogP contribution in [0.15, 0.2) is 24.3 Å². The van der Waals surface area contributed by atoms with Crippen molar-refractivity contribution in [2.45, 2.75) is 64.5 Å². The first-order valence-electron chi connectivity index (χ1n) is 7.54. The number of hydrogen-bond donors (Lipinski definition) is 1. The Labute approximate surface area is 122 Å². The predicted octanol–water partition coefficient (Wildman–Crippen LogP) is 3.56. The molecular formula is C17H27NO2. The number of rotatable bonds is 4. The Morgan fingerprint density at radius 3 is 2.30 bits per heavy atom. The molecule has 0 aliphatic carbocycles. The number of aliphatic hydroxyl groups excluding tert-OH is 1. The maximum Gasteiger partial charge on any atom is 0.150 e. The molecule has 1 N–H and O–H groups in total. The quantitative estimate of drug-likeness (QED) is 0.913. The Bertz CT molecular complexity index is 438. The van der Waals surface area contributed by atoms with Crippen LogP contribution in [-0.4, -0.2) is 27.9 Å². The van der Waals surface area contributed by atoms with E-state index in [1.165, 1.54) is 6.42 Å². The first-order chi connectivity index (χ1) is 9.37. The lowest BCUT2D eigenvalue weighted by atomic mass is 9.82. The Morgan fingerprint density at radius 2 is 1.70 bits per heavy atom. The van der Waals surface area contributed by atoms with E-state index in [1.807, 2.05) is 24.3 Å². The van der Waals surface area contributed by atoms with Gasteiger partial charge in [-0.2, -0.15) is 0 Å². The molecule has 1 saturated heterocycles. The van der Waals surface area contributed by atoms with Gasteiger partial charge in [-0.15, -0.1) is 5.06 Å². The van der Waals surface area contributed by atoms with Gasteiger partial charge in [-0.1, -0.05) is 18.2 Å². The van der Waals surface area contributed by atoms with Gasteiger partial charge in [-0.3, -0.25) is 0 Å². The number of para-hydroxylation sites is 1. The first-order valence-corrected chi connectivity index (χ1v) is 7.54. The molecule has 20 heavy (non-hydrogen) atoms. The highest BCUT2D eigenvalue weighted by atomic mass is 16.7. The third kappa shape index (κ3) is 3.15. The fraction of sp³-hybridized carbons (Fsp3) is 0.647. The van der Waals surface area contributed by atoms with Gasteiger partial charge in [-0.25, -0.2) is 0 Å². The molecule has 0 spiro atoms. The van der Waals surface area contributed by atoms with E-state index in [1.54, 1.807) is 0 Å². The number of hydroxylamine groups is 2. The zero-order valence-corrected chi connectivity index (χ0v) is 13.1. The molecule has 2 rings (SSSR count). The SMILES string of the molecule is CC1(C)CCCC(C)(C)N1Oc1ccccc1CCO. The minimum atomic E-state index is 0.0219. The largest absolute Gasteiger partial charge is 0.405 e. The molecule has 1 aromatic carbocycles. The molecule has 1 aliphatic heterocycles. The van der Waals surface area contributed by atoms with E-state index in [9.17, 15) is 5.11 Å². The number of piperidine rings is 1. The van der Waals surface area contributed by atoms with Crippen LogP contribution in [0.5, 0.6) is 5.75 Å². The van der Waals surface area contributed by atoms with Crippen molar-refractivity contribution in [1.82, 2.24) is 5.06 Å². The fourth-order valence-electron chi connectivity index (χ4n) is 3.24. The van der Waals surface area contributed by atoms with Crippen molar-refractivity contribution in [3.63, 3.8) is 0 Å². The molecule has 1 heterocycles. The van der Waals surface area contributed by atoms with Gasteiger partial charge in [0.15, 0.2) is 5.75 Å². The van der Waals surface area contributed by atoms with Crippen molar-refractivity contribution in [2.24, 2.45) is 0 Å². The van der Waals surface area contributed by atoms with E-state index in [4.69, 9.17) is 4.84 Å². The van der Waals surface area contributed by atoms with Crippen LogP contribution < -0.4 is 4.84 Å². The molecule has 0 bridgehead atoms. The Kier molecular flexibility index (Phi) is 4.40. The molecule has 0 unspecified atom stereocenters. The monoisotopic (exact) mass is 277 g/mol. The Hall–Kier alpha value is -1.06. The van der Waals surface area contributed by atoms with Gasteiger partial charge < -0.3 is 9.94 Å². The third-order valence-corrected chi connectivity index (χ3v) is 4.22. The molecule has 1 aromatic rings. The van der Waals surface area contributed by atoms with Gasteiger partial charge in [-0.05, 0) is 65.0 Å². The van der Waals surface area contributed by atoms with Crippen LogP contribution in [0.3, 0.4) is 0 Å². The summed E-state index contributed by atoms with van der Waals surface area (Å²) in [6.07, 6.45) is 4.14. The summed E-state index contributed by atoms with van der Waals surface area (Å²) in [6.45, 7) is 9.10. The first kappa shape index (κ1) is 15.3. The maximum absolute atomic E-state index is 9.19. The van der Waals surface area contributed by atoms with Crippen LogP contribution in [0, 0.1) is 0 Å². The third-order valence-electron chi connectivity index (χ3n) is 4.22. The summed E-state index contributed by atoms with van der Waals surface area (Å²) in [4.78, 5) is 6.29. The summed E-state index contributed by atoms with van der Waals surface area (Å²) in [5.74, 6) is 0.865.